The van der Waals surface area contributed by atoms with Crippen LogP contribution in [0.1, 0.15) is 38.5 Å². The van der Waals surface area contributed by atoms with E-state index < -0.39 is 26.9 Å². The lowest BCUT2D eigenvalue weighted by molar-refractivity contribution is 0.00143. The van der Waals surface area contributed by atoms with Gasteiger partial charge in [0.2, 0.25) is 11.8 Å². The molecule has 0 unspecified atom stereocenters. The number of sulfone groups is 1. The second kappa shape index (κ2) is 11.6. The van der Waals surface area contributed by atoms with E-state index in [2.05, 4.69) is 35.2 Å². The summed E-state index contributed by atoms with van der Waals surface area (Å²) in [5, 5.41) is 12.2. The minimum absolute atomic E-state index is 0.0641. The molecule has 16 heteroatoms. The molecule has 2 atom stereocenters. The van der Waals surface area contributed by atoms with Crippen LogP contribution in [0, 0.1) is 0 Å². The van der Waals surface area contributed by atoms with Crippen molar-refractivity contribution in [3.63, 3.8) is 0 Å². The first kappa shape index (κ1) is 28.3. The van der Waals surface area contributed by atoms with Crippen LogP contribution < -0.4 is 9.47 Å². The van der Waals surface area contributed by atoms with Crippen LogP contribution in [-0.2, 0) is 27.4 Å². The number of rotatable bonds is 11. The summed E-state index contributed by atoms with van der Waals surface area (Å²) in [4.78, 5) is 16.7. The van der Waals surface area contributed by atoms with E-state index in [9.17, 15) is 8.42 Å². The Morgan fingerprint density at radius 1 is 1.00 bits per heavy atom. The maximum atomic E-state index is 13.8. The summed E-state index contributed by atoms with van der Waals surface area (Å²) in [5.74, 6) is 0.229. The first-order valence-corrected chi connectivity index (χ1v) is 13.9. The molecule has 0 N–H and O–H groups in total. The zero-order chi connectivity index (χ0) is 28.3. The molecule has 208 valence electrons. The van der Waals surface area contributed by atoms with Crippen molar-refractivity contribution in [1.82, 2.24) is 44.5 Å². The van der Waals surface area contributed by atoms with E-state index in [1.54, 1.807) is 37.8 Å². The van der Waals surface area contributed by atoms with Gasteiger partial charge in [-0.15, -0.1) is 10.2 Å². The first-order chi connectivity index (χ1) is 18.6. The minimum Gasteiger partial charge on any atom is -0.479 e. The Kier molecular flexibility index (Phi) is 8.42. The Morgan fingerprint density at radius 2 is 1.64 bits per heavy atom. The molecule has 0 saturated heterocycles. The number of aryl methyl sites for hydroxylation is 1. The molecule has 0 aromatic carbocycles. The van der Waals surface area contributed by atoms with Crippen molar-refractivity contribution >= 4 is 21.4 Å². The summed E-state index contributed by atoms with van der Waals surface area (Å²) >= 11 is 5.94. The summed E-state index contributed by atoms with van der Waals surface area (Å²) in [6, 6.07) is 1.72. The van der Waals surface area contributed by atoms with Gasteiger partial charge in [-0.25, -0.2) is 18.4 Å². The Hall–Kier alpha value is -3.69. The van der Waals surface area contributed by atoms with Crippen molar-refractivity contribution in [2.75, 3.05) is 14.2 Å². The standard InChI is InChI=1S/C23H28ClN9O5S/c1-13(2)38-19(20-25-9-15(24)10-26-20)14(3)39(34,35)11-17-29-30-21(16-7-8-32(4)31-16)33(17)18-22(36-5)27-12-28-23(18)37-6/h7-10,12-14,19H,11H2,1-6H3/t14-,19+/m0/s1. The maximum absolute atomic E-state index is 13.8. The predicted octanol–water partition coefficient (Wildman–Crippen LogP) is 2.39. The summed E-state index contributed by atoms with van der Waals surface area (Å²) in [6.45, 7) is 5.13. The zero-order valence-electron chi connectivity index (χ0n) is 22.2. The van der Waals surface area contributed by atoms with E-state index in [4.69, 9.17) is 25.8 Å². The number of hydrogen-bond acceptors (Lipinski definition) is 12. The van der Waals surface area contributed by atoms with Gasteiger partial charge in [-0.1, -0.05) is 11.6 Å². The van der Waals surface area contributed by atoms with E-state index in [0.29, 0.717) is 10.7 Å². The molecule has 4 rings (SSSR count). The lowest BCUT2D eigenvalue weighted by atomic mass is 10.2. The summed E-state index contributed by atoms with van der Waals surface area (Å²) < 4.78 is 47.6. The number of halogens is 1. The van der Waals surface area contributed by atoms with Crippen molar-refractivity contribution in [3.05, 3.63) is 47.7 Å². The van der Waals surface area contributed by atoms with E-state index in [0.717, 1.165) is 0 Å². The van der Waals surface area contributed by atoms with Crippen LogP contribution in [0.25, 0.3) is 17.2 Å². The predicted molar refractivity (Wildman–Crippen MR) is 140 cm³/mol. The fourth-order valence-electron chi connectivity index (χ4n) is 3.83. The van der Waals surface area contributed by atoms with Gasteiger partial charge in [-0.05, 0) is 26.8 Å². The van der Waals surface area contributed by atoms with E-state index >= 15 is 0 Å². The quantitative estimate of drug-likeness (QED) is 0.256. The molecule has 39 heavy (non-hydrogen) atoms. The topological polar surface area (TPSA) is 162 Å². The van der Waals surface area contributed by atoms with Gasteiger partial charge in [0.1, 0.15) is 23.9 Å². The monoisotopic (exact) mass is 577 g/mol. The fourth-order valence-corrected chi connectivity index (χ4v) is 5.30. The number of hydrogen-bond donors (Lipinski definition) is 0. The zero-order valence-corrected chi connectivity index (χ0v) is 23.8. The number of nitrogens with zero attached hydrogens (tertiary/aromatic N) is 9. The first-order valence-electron chi connectivity index (χ1n) is 11.8. The van der Waals surface area contributed by atoms with Gasteiger partial charge in [0.05, 0.1) is 30.6 Å². The normalized spacial score (nSPS) is 13.4. The lowest BCUT2D eigenvalue weighted by Crippen LogP contribution is -2.32. The molecule has 0 bridgehead atoms. The van der Waals surface area contributed by atoms with E-state index in [1.165, 1.54) is 44.4 Å². The third-order valence-corrected chi connectivity index (χ3v) is 7.91. The second-order valence-electron chi connectivity index (χ2n) is 8.77. The lowest BCUT2D eigenvalue weighted by Gasteiger charge is -2.25. The molecule has 4 aromatic heterocycles. The summed E-state index contributed by atoms with van der Waals surface area (Å²) in [7, 11) is 0.639. The van der Waals surface area contributed by atoms with Crippen LogP contribution in [-0.4, -0.2) is 78.5 Å². The number of ether oxygens (including phenoxy) is 3. The van der Waals surface area contributed by atoms with Gasteiger partial charge in [0.15, 0.2) is 33.0 Å². The molecule has 0 fully saturated rings. The van der Waals surface area contributed by atoms with Crippen molar-refractivity contribution in [1.29, 1.82) is 0 Å². The Bertz CT molecular complexity index is 1520. The van der Waals surface area contributed by atoms with Crippen molar-refractivity contribution in [3.8, 4) is 29.0 Å². The Labute approximate surface area is 230 Å². The average molecular weight is 578 g/mol. The van der Waals surface area contributed by atoms with Gasteiger partial charge < -0.3 is 14.2 Å². The molecule has 4 aromatic rings. The molecule has 0 spiro atoms. The molecular formula is C23H28ClN9O5S. The van der Waals surface area contributed by atoms with Gasteiger partial charge in [-0.2, -0.15) is 15.1 Å². The van der Waals surface area contributed by atoms with Crippen LogP contribution in [0.3, 0.4) is 0 Å². The third-order valence-electron chi connectivity index (χ3n) is 5.67. The fraction of sp³-hybridized carbons (Fsp3) is 0.435. The van der Waals surface area contributed by atoms with Gasteiger partial charge >= 0.3 is 0 Å². The maximum Gasteiger partial charge on any atom is 0.245 e. The van der Waals surface area contributed by atoms with Crippen molar-refractivity contribution in [2.45, 2.75) is 44.0 Å². The van der Waals surface area contributed by atoms with Gasteiger partial charge in [-0.3, -0.25) is 9.25 Å². The minimum atomic E-state index is -3.96. The SMILES string of the molecule is COc1ncnc(OC)c1-n1c(CS(=O)(=O)[C@@H](C)[C@@H](OC(C)C)c2ncc(Cl)cn2)nnc1-c1ccn(C)n1. The molecule has 0 amide bonds. The van der Waals surface area contributed by atoms with Crippen LogP contribution in [0.2, 0.25) is 5.02 Å². The Balaban J connectivity index is 1.83. The molecular weight excluding hydrogens is 550 g/mol. The number of methoxy groups -OCH3 is 2. The highest BCUT2D eigenvalue weighted by atomic mass is 35.5. The highest BCUT2D eigenvalue weighted by Crippen LogP contribution is 2.34. The molecule has 0 saturated carbocycles. The second-order valence-corrected chi connectivity index (χ2v) is 11.6. The van der Waals surface area contributed by atoms with Crippen LogP contribution in [0.4, 0.5) is 0 Å². The van der Waals surface area contributed by atoms with Crippen LogP contribution >= 0.6 is 11.6 Å². The van der Waals surface area contributed by atoms with Crippen LogP contribution in [0.5, 0.6) is 11.8 Å². The molecule has 0 aliphatic carbocycles. The Morgan fingerprint density at radius 3 is 2.18 bits per heavy atom. The molecule has 0 aliphatic rings. The summed E-state index contributed by atoms with van der Waals surface area (Å²) in [5.41, 5.74) is 0.659. The van der Waals surface area contributed by atoms with Gasteiger partial charge in [0, 0.05) is 25.6 Å². The highest BCUT2D eigenvalue weighted by Gasteiger charge is 2.36. The van der Waals surface area contributed by atoms with Crippen molar-refractivity contribution < 1.29 is 22.6 Å². The third kappa shape index (κ3) is 5.99. The van der Waals surface area contributed by atoms with Gasteiger partial charge in [0.25, 0.3) is 0 Å². The van der Waals surface area contributed by atoms with E-state index in [-0.39, 0.29) is 41.0 Å². The molecule has 14 nitrogen and oxygen atoms in total. The van der Waals surface area contributed by atoms with E-state index in [1.807, 2.05) is 0 Å². The number of aromatic nitrogens is 9. The van der Waals surface area contributed by atoms with Crippen LogP contribution in [0.15, 0.2) is 31.0 Å². The average Bonchev–Trinajstić information content (AvgIpc) is 3.52. The molecule has 4 heterocycles. The largest absolute Gasteiger partial charge is 0.479 e. The molecule has 0 radical (unpaired) electrons. The smallest absolute Gasteiger partial charge is 0.245 e. The summed E-state index contributed by atoms with van der Waals surface area (Å²) in [6.07, 6.45) is 4.50. The van der Waals surface area contributed by atoms with Crippen molar-refractivity contribution in [2.24, 2.45) is 7.05 Å². The highest BCUT2D eigenvalue weighted by molar-refractivity contribution is 7.91. The molecule has 0 aliphatic heterocycles.